The Morgan fingerprint density at radius 1 is 1.14 bits per heavy atom. The lowest BCUT2D eigenvalue weighted by atomic mass is 10.2. The molecule has 144 valence electrons. The van der Waals surface area contributed by atoms with E-state index in [2.05, 4.69) is 30.5 Å². The molecule has 0 fully saturated rings. The van der Waals surface area contributed by atoms with E-state index < -0.39 is 0 Å². The van der Waals surface area contributed by atoms with Gasteiger partial charge in [-0.3, -0.25) is 4.98 Å². The smallest absolute Gasteiger partial charge is 0.248 e. The van der Waals surface area contributed by atoms with Crippen molar-refractivity contribution in [2.24, 2.45) is 5.10 Å². The van der Waals surface area contributed by atoms with Crippen LogP contribution < -0.4 is 10.3 Å². The van der Waals surface area contributed by atoms with Gasteiger partial charge in [0, 0.05) is 38.7 Å². The molecule has 0 aliphatic rings. The van der Waals surface area contributed by atoms with Gasteiger partial charge in [0.2, 0.25) is 11.9 Å². The van der Waals surface area contributed by atoms with Gasteiger partial charge in [0.25, 0.3) is 0 Å². The summed E-state index contributed by atoms with van der Waals surface area (Å²) in [4.78, 5) is 19.5. The van der Waals surface area contributed by atoms with Crippen LogP contribution in [-0.2, 0) is 4.74 Å². The summed E-state index contributed by atoms with van der Waals surface area (Å²) < 4.78 is 5.14. The van der Waals surface area contributed by atoms with Gasteiger partial charge in [0.15, 0.2) is 5.82 Å². The number of nitrogens with zero attached hydrogens (tertiary/aromatic N) is 6. The second-order valence-electron chi connectivity index (χ2n) is 6.22. The first-order chi connectivity index (χ1) is 13.7. The van der Waals surface area contributed by atoms with Gasteiger partial charge < -0.3 is 9.64 Å². The van der Waals surface area contributed by atoms with E-state index in [-0.39, 0.29) is 0 Å². The third-order valence-electron chi connectivity index (χ3n) is 3.95. The van der Waals surface area contributed by atoms with Crippen LogP contribution in [0.15, 0.2) is 53.9 Å². The largest absolute Gasteiger partial charge is 0.383 e. The van der Waals surface area contributed by atoms with E-state index in [1.807, 2.05) is 55.3 Å². The molecular formula is C20H23N7O. The maximum absolute atomic E-state index is 5.14. The number of ether oxygens (including phenoxy) is 1. The molecule has 28 heavy (non-hydrogen) atoms. The van der Waals surface area contributed by atoms with Crippen molar-refractivity contribution in [3.63, 3.8) is 0 Å². The summed E-state index contributed by atoms with van der Waals surface area (Å²) in [6.07, 6.45) is 5.14. The molecule has 0 saturated carbocycles. The van der Waals surface area contributed by atoms with Crippen molar-refractivity contribution in [1.29, 1.82) is 0 Å². The van der Waals surface area contributed by atoms with Gasteiger partial charge in [0.1, 0.15) is 0 Å². The Labute approximate surface area is 164 Å². The van der Waals surface area contributed by atoms with Crippen molar-refractivity contribution in [1.82, 2.24) is 19.9 Å². The van der Waals surface area contributed by atoms with Crippen LogP contribution in [0, 0.1) is 6.92 Å². The number of aryl methyl sites for hydroxylation is 1. The zero-order valence-corrected chi connectivity index (χ0v) is 16.2. The summed E-state index contributed by atoms with van der Waals surface area (Å²) >= 11 is 0. The van der Waals surface area contributed by atoms with Crippen molar-refractivity contribution in [3.05, 3.63) is 59.9 Å². The molecule has 0 aliphatic heterocycles. The average Bonchev–Trinajstić information content (AvgIpc) is 2.72. The number of nitrogens with one attached hydrogen (secondary N) is 1. The van der Waals surface area contributed by atoms with Crippen LogP contribution in [0.25, 0.3) is 11.4 Å². The second-order valence-corrected chi connectivity index (χ2v) is 6.22. The van der Waals surface area contributed by atoms with Gasteiger partial charge in [-0.2, -0.15) is 20.1 Å². The minimum atomic E-state index is 0.366. The van der Waals surface area contributed by atoms with Crippen LogP contribution in [0.1, 0.15) is 11.1 Å². The summed E-state index contributed by atoms with van der Waals surface area (Å²) in [7, 11) is 3.57. The Bertz CT molecular complexity index is 931. The predicted octanol–water partition coefficient (Wildman–Crippen LogP) is 2.77. The molecule has 1 N–H and O–H groups in total. The Morgan fingerprint density at radius 2 is 1.96 bits per heavy atom. The summed E-state index contributed by atoms with van der Waals surface area (Å²) in [6.45, 7) is 3.27. The van der Waals surface area contributed by atoms with Gasteiger partial charge in [-0.15, -0.1) is 0 Å². The van der Waals surface area contributed by atoms with Crippen molar-refractivity contribution in [2.75, 3.05) is 37.6 Å². The van der Waals surface area contributed by atoms with Crippen LogP contribution in [0.5, 0.6) is 0 Å². The van der Waals surface area contributed by atoms with E-state index in [0.29, 0.717) is 30.9 Å². The average molecular weight is 377 g/mol. The fourth-order valence-electron chi connectivity index (χ4n) is 2.46. The normalized spacial score (nSPS) is 11.0. The Balaban J connectivity index is 1.86. The lowest BCUT2D eigenvalue weighted by Crippen LogP contribution is -2.25. The molecule has 0 aliphatic carbocycles. The van der Waals surface area contributed by atoms with E-state index in [9.17, 15) is 0 Å². The predicted molar refractivity (Wildman–Crippen MR) is 111 cm³/mol. The Kier molecular flexibility index (Phi) is 6.59. The molecule has 0 saturated heterocycles. The Morgan fingerprint density at radius 3 is 2.71 bits per heavy atom. The van der Waals surface area contributed by atoms with E-state index >= 15 is 0 Å². The highest BCUT2D eigenvalue weighted by molar-refractivity contribution is 5.80. The summed E-state index contributed by atoms with van der Waals surface area (Å²) in [6, 6.07) is 11.8. The van der Waals surface area contributed by atoms with E-state index in [1.54, 1.807) is 25.7 Å². The molecule has 2 aromatic heterocycles. The maximum Gasteiger partial charge on any atom is 0.248 e. The molecule has 8 heteroatoms. The standard InChI is InChI=1S/C20H23N7O/c1-15-5-4-6-16(13-15)14-22-26-19-23-18(17-7-9-21-10-8-17)24-20(25-19)27(2)11-12-28-3/h4-10,13-14H,11-12H2,1-3H3,(H,23,24,25,26). The van der Waals surface area contributed by atoms with E-state index in [0.717, 1.165) is 11.1 Å². The lowest BCUT2D eigenvalue weighted by Gasteiger charge is -2.17. The number of hydrogen-bond acceptors (Lipinski definition) is 8. The zero-order valence-electron chi connectivity index (χ0n) is 16.2. The highest BCUT2D eigenvalue weighted by Crippen LogP contribution is 2.18. The first kappa shape index (κ1) is 19.4. The van der Waals surface area contributed by atoms with Gasteiger partial charge in [0.05, 0.1) is 12.8 Å². The van der Waals surface area contributed by atoms with E-state index in [4.69, 9.17) is 4.74 Å². The number of rotatable bonds is 8. The fraction of sp³-hybridized carbons (Fsp3) is 0.250. The molecule has 3 rings (SSSR count). The van der Waals surface area contributed by atoms with Gasteiger partial charge in [-0.1, -0.05) is 29.8 Å². The number of hydrogen-bond donors (Lipinski definition) is 1. The monoisotopic (exact) mass is 377 g/mol. The number of benzene rings is 1. The number of methoxy groups -OCH3 is 1. The first-order valence-electron chi connectivity index (χ1n) is 8.88. The molecule has 0 spiro atoms. The van der Waals surface area contributed by atoms with Gasteiger partial charge >= 0.3 is 0 Å². The van der Waals surface area contributed by atoms with Crippen molar-refractivity contribution < 1.29 is 4.74 Å². The molecule has 3 aromatic rings. The summed E-state index contributed by atoms with van der Waals surface area (Å²) in [5, 5.41) is 4.27. The maximum atomic E-state index is 5.14. The number of pyridine rings is 1. The molecule has 0 unspecified atom stereocenters. The minimum Gasteiger partial charge on any atom is -0.383 e. The molecule has 0 radical (unpaired) electrons. The van der Waals surface area contributed by atoms with Crippen molar-refractivity contribution >= 4 is 18.1 Å². The molecule has 8 nitrogen and oxygen atoms in total. The number of anilines is 2. The van der Waals surface area contributed by atoms with E-state index in [1.165, 1.54) is 5.56 Å². The van der Waals surface area contributed by atoms with Gasteiger partial charge in [-0.25, -0.2) is 5.43 Å². The number of aromatic nitrogens is 4. The molecular weight excluding hydrogens is 354 g/mol. The van der Waals surface area contributed by atoms with Crippen LogP contribution in [-0.4, -0.2) is 53.5 Å². The highest BCUT2D eigenvalue weighted by atomic mass is 16.5. The number of likely N-dealkylation sites (N-methyl/N-ethyl adjacent to an activating group) is 1. The molecule has 0 amide bonds. The third-order valence-corrected chi connectivity index (χ3v) is 3.95. The van der Waals surface area contributed by atoms with Crippen LogP contribution >= 0.6 is 0 Å². The molecule has 2 heterocycles. The SMILES string of the molecule is COCCN(C)c1nc(NN=Cc2cccc(C)c2)nc(-c2ccncc2)n1. The van der Waals surface area contributed by atoms with Gasteiger partial charge in [-0.05, 0) is 24.6 Å². The second kappa shape index (κ2) is 9.52. The lowest BCUT2D eigenvalue weighted by molar-refractivity contribution is 0.206. The van der Waals surface area contributed by atoms with Crippen molar-refractivity contribution in [3.8, 4) is 11.4 Å². The summed E-state index contributed by atoms with van der Waals surface area (Å²) in [5.41, 5.74) is 5.93. The molecule has 0 bridgehead atoms. The minimum absolute atomic E-state index is 0.366. The number of hydrazone groups is 1. The molecule has 0 atom stereocenters. The third kappa shape index (κ3) is 5.31. The zero-order chi connectivity index (χ0) is 19.8. The topological polar surface area (TPSA) is 88.4 Å². The highest BCUT2D eigenvalue weighted by Gasteiger charge is 2.11. The quantitative estimate of drug-likeness (QED) is 0.477. The first-order valence-corrected chi connectivity index (χ1v) is 8.88. The fourth-order valence-corrected chi connectivity index (χ4v) is 2.46. The van der Waals surface area contributed by atoms with Crippen LogP contribution in [0.4, 0.5) is 11.9 Å². The van der Waals surface area contributed by atoms with Crippen molar-refractivity contribution in [2.45, 2.75) is 6.92 Å². The molecule has 1 aromatic carbocycles. The van der Waals surface area contributed by atoms with Crippen LogP contribution in [0.2, 0.25) is 0 Å². The summed E-state index contributed by atoms with van der Waals surface area (Å²) in [5.74, 6) is 1.45. The Hall–Kier alpha value is -3.39. The van der Waals surface area contributed by atoms with Crippen LogP contribution in [0.3, 0.4) is 0 Å².